The van der Waals surface area contributed by atoms with E-state index >= 15 is 0 Å². The molecule has 2 aromatic rings. The quantitative estimate of drug-likeness (QED) is 0.580. The fourth-order valence-electron chi connectivity index (χ4n) is 3.63. The maximum atomic E-state index is 12.7. The molecule has 0 radical (unpaired) electrons. The van der Waals surface area contributed by atoms with E-state index in [0.29, 0.717) is 37.1 Å². The van der Waals surface area contributed by atoms with Gasteiger partial charge in [-0.1, -0.05) is 34.1 Å². The molecule has 1 unspecified atom stereocenters. The molecular weight excluding hydrogens is 366 g/mol. The lowest BCUT2D eigenvalue weighted by atomic mass is 10.1. The molecule has 4 rings (SSSR count). The first-order chi connectivity index (χ1) is 12.7. The minimum atomic E-state index is -0.0427. The second kappa shape index (κ2) is 8.05. The molecule has 1 atom stereocenters. The van der Waals surface area contributed by atoms with Crippen LogP contribution in [0.4, 0.5) is 0 Å². The van der Waals surface area contributed by atoms with Gasteiger partial charge in [-0.2, -0.15) is 0 Å². The molecule has 0 spiro atoms. The number of carbonyl (C=O) groups is 1. The van der Waals surface area contributed by atoms with Crippen molar-refractivity contribution < 1.29 is 4.79 Å². The van der Waals surface area contributed by atoms with Crippen LogP contribution >= 0.6 is 21.6 Å². The lowest BCUT2D eigenvalue weighted by Crippen LogP contribution is -2.40. The standard InChI is InChI=1S/C19H23N3O2S2/c23-18(7-2-1-5-14-9-12-25-26-14)21-11-8-16-15(13-21)19(24)22-10-4-3-6-17(22)20-16/h3-4,6,10,14H,1-2,5,7-9,11-13H2. The van der Waals surface area contributed by atoms with E-state index in [4.69, 9.17) is 0 Å². The fourth-order valence-corrected chi connectivity index (χ4v) is 6.66. The van der Waals surface area contributed by atoms with Crippen molar-refractivity contribution in [3.63, 3.8) is 0 Å². The second-order valence-corrected chi connectivity index (χ2v) is 9.70. The van der Waals surface area contributed by atoms with Gasteiger partial charge in [-0.3, -0.25) is 14.0 Å². The molecule has 7 heteroatoms. The zero-order chi connectivity index (χ0) is 17.9. The van der Waals surface area contributed by atoms with E-state index in [1.54, 1.807) is 10.6 Å². The summed E-state index contributed by atoms with van der Waals surface area (Å²) in [4.78, 5) is 31.7. The van der Waals surface area contributed by atoms with Crippen LogP contribution in [0.5, 0.6) is 0 Å². The average molecular weight is 390 g/mol. The molecule has 26 heavy (non-hydrogen) atoms. The van der Waals surface area contributed by atoms with Gasteiger partial charge in [-0.25, -0.2) is 4.98 Å². The van der Waals surface area contributed by atoms with E-state index in [2.05, 4.69) is 4.98 Å². The smallest absolute Gasteiger partial charge is 0.263 e. The normalized spacial score (nSPS) is 19.7. The predicted octanol–water partition coefficient (Wildman–Crippen LogP) is 3.29. The topological polar surface area (TPSA) is 54.7 Å². The van der Waals surface area contributed by atoms with Gasteiger partial charge in [-0.05, 0) is 31.4 Å². The third kappa shape index (κ3) is 3.78. The highest BCUT2D eigenvalue weighted by Crippen LogP contribution is 2.39. The number of hydrogen-bond acceptors (Lipinski definition) is 5. The van der Waals surface area contributed by atoms with Gasteiger partial charge >= 0.3 is 0 Å². The Hall–Kier alpha value is -1.47. The lowest BCUT2D eigenvalue weighted by molar-refractivity contribution is -0.132. The van der Waals surface area contributed by atoms with Gasteiger partial charge in [0.25, 0.3) is 5.56 Å². The Morgan fingerprint density at radius 1 is 1.31 bits per heavy atom. The first kappa shape index (κ1) is 17.9. The highest BCUT2D eigenvalue weighted by molar-refractivity contribution is 8.77. The average Bonchev–Trinajstić information content (AvgIpc) is 3.18. The van der Waals surface area contributed by atoms with E-state index in [-0.39, 0.29) is 11.5 Å². The Morgan fingerprint density at radius 2 is 2.23 bits per heavy atom. The predicted molar refractivity (Wildman–Crippen MR) is 108 cm³/mol. The molecule has 138 valence electrons. The van der Waals surface area contributed by atoms with Crippen LogP contribution in [0.2, 0.25) is 0 Å². The number of carbonyl (C=O) groups excluding carboxylic acids is 1. The minimum absolute atomic E-state index is 0.0427. The van der Waals surface area contributed by atoms with Crippen molar-refractivity contribution >= 4 is 33.1 Å². The number of hydrogen-bond donors (Lipinski definition) is 0. The molecule has 0 saturated carbocycles. The third-order valence-corrected chi connectivity index (χ3v) is 8.13. The first-order valence-corrected chi connectivity index (χ1v) is 11.7. The Balaban J connectivity index is 1.37. The molecule has 2 aliphatic rings. The Morgan fingerprint density at radius 3 is 3.08 bits per heavy atom. The van der Waals surface area contributed by atoms with Crippen LogP contribution in [-0.2, 0) is 17.8 Å². The van der Waals surface area contributed by atoms with Gasteiger partial charge in [0.15, 0.2) is 0 Å². The number of aromatic nitrogens is 2. The summed E-state index contributed by atoms with van der Waals surface area (Å²) in [5, 5.41) is 0.774. The number of rotatable bonds is 5. The van der Waals surface area contributed by atoms with Crippen molar-refractivity contribution in [2.75, 3.05) is 12.3 Å². The second-order valence-electron chi connectivity index (χ2n) is 6.91. The molecule has 5 nitrogen and oxygen atoms in total. The molecule has 1 saturated heterocycles. The summed E-state index contributed by atoms with van der Waals surface area (Å²) in [5.41, 5.74) is 2.16. The minimum Gasteiger partial charge on any atom is -0.338 e. The zero-order valence-electron chi connectivity index (χ0n) is 14.7. The Bertz CT molecular complexity index is 861. The number of fused-ring (bicyclic) bond motifs is 2. The zero-order valence-corrected chi connectivity index (χ0v) is 16.4. The highest BCUT2D eigenvalue weighted by Gasteiger charge is 2.24. The summed E-state index contributed by atoms with van der Waals surface area (Å²) in [6.07, 6.45) is 7.56. The summed E-state index contributed by atoms with van der Waals surface area (Å²) in [7, 11) is 3.97. The number of amides is 1. The molecule has 2 aromatic heterocycles. The summed E-state index contributed by atoms with van der Waals surface area (Å²) in [5.74, 6) is 1.43. The van der Waals surface area contributed by atoms with Crippen LogP contribution in [-0.4, -0.2) is 37.7 Å². The molecule has 0 aromatic carbocycles. The van der Waals surface area contributed by atoms with Crippen molar-refractivity contribution in [1.82, 2.24) is 14.3 Å². The Labute approximate surface area is 161 Å². The number of nitrogens with zero attached hydrogens (tertiary/aromatic N) is 3. The van der Waals surface area contributed by atoms with Crippen LogP contribution < -0.4 is 5.56 Å². The van der Waals surface area contributed by atoms with E-state index in [1.807, 2.05) is 44.7 Å². The van der Waals surface area contributed by atoms with Gasteiger partial charge in [0.2, 0.25) is 5.91 Å². The monoisotopic (exact) mass is 389 g/mol. The van der Waals surface area contributed by atoms with Crippen LogP contribution in [0.15, 0.2) is 29.2 Å². The van der Waals surface area contributed by atoms with Crippen LogP contribution in [0.25, 0.3) is 5.65 Å². The molecule has 4 heterocycles. The van der Waals surface area contributed by atoms with Crippen LogP contribution in [0, 0.1) is 0 Å². The molecule has 0 bridgehead atoms. The molecule has 2 aliphatic heterocycles. The van der Waals surface area contributed by atoms with Crippen LogP contribution in [0.3, 0.4) is 0 Å². The first-order valence-electron chi connectivity index (χ1n) is 9.27. The molecule has 1 amide bonds. The summed E-state index contributed by atoms with van der Waals surface area (Å²) < 4.78 is 1.57. The molecule has 0 N–H and O–H groups in total. The van der Waals surface area contributed by atoms with E-state index in [1.165, 1.54) is 18.6 Å². The van der Waals surface area contributed by atoms with Crippen molar-refractivity contribution in [2.24, 2.45) is 0 Å². The van der Waals surface area contributed by atoms with E-state index < -0.39 is 0 Å². The summed E-state index contributed by atoms with van der Waals surface area (Å²) >= 11 is 0. The summed E-state index contributed by atoms with van der Waals surface area (Å²) in [6.45, 7) is 1.06. The van der Waals surface area contributed by atoms with Gasteiger partial charge in [0, 0.05) is 36.6 Å². The maximum absolute atomic E-state index is 12.7. The van der Waals surface area contributed by atoms with Gasteiger partial charge in [-0.15, -0.1) is 0 Å². The van der Waals surface area contributed by atoms with Gasteiger partial charge < -0.3 is 4.90 Å². The number of pyridine rings is 1. The lowest BCUT2D eigenvalue weighted by Gasteiger charge is -2.28. The van der Waals surface area contributed by atoms with Gasteiger partial charge in [0.05, 0.1) is 17.8 Å². The Kier molecular flexibility index (Phi) is 5.55. The molecule has 1 fully saturated rings. The SMILES string of the molecule is O=C(CCCCC1CCSS1)N1CCc2nc3ccccn3c(=O)c2C1. The number of unbranched alkanes of at least 4 members (excludes halogenated alkanes) is 1. The van der Waals surface area contributed by atoms with Crippen molar-refractivity contribution in [1.29, 1.82) is 0 Å². The van der Waals surface area contributed by atoms with E-state index in [9.17, 15) is 9.59 Å². The van der Waals surface area contributed by atoms with Crippen LogP contribution in [0.1, 0.15) is 43.4 Å². The maximum Gasteiger partial charge on any atom is 0.263 e. The highest BCUT2D eigenvalue weighted by atomic mass is 33.1. The third-order valence-electron chi connectivity index (χ3n) is 5.13. The molecular formula is C19H23N3O2S2. The summed E-state index contributed by atoms with van der Waals surface area (Å²) in [6, 6.07) is 5.56. The van der Waals surface area contributed by atoms with Crippen molar-refractivity contribution in [3.8, 4) is 0 Å². The van der Waals surface area contributed by atoms with E-state index in [0.717, 1.165) is 23.8 Å². The van der Waals surface area contributed by atoms with Crippen molar-refractivity contribution in [3.05, 3.63) is 46.0 Å². The molecule has 0 aliphatic carbocycles. The van der Waals surface area contributed by atoms with Crippen molar-refractivity contribution in [2.45, 2.75) is 50.3 Å². The fraction of sp³-hybridized carbons (Fsp3) is 0.526. The largest absolute Gasteiger partial charge is 0.338 e. The van der Waals surface area contributed by atoms with Gasteiger partial charge in [0.1, 0.15) is 5.65 Å².